The van der Waals surface area contributed by atoms with Crippen molar-refractivity contribution in [2.75, 3.05) is 5.33 Å². The van der Waals surface area contributed by atoms with Gasteiger partial charge in [0, 0.05) is 33.6 Å². The number of carbonyl (C=O) groups excluding carboxylic acids is 1. The third-order valence-corrected chi connectivity index (χ3v) is 7.20. The van der Waals surface area contributed by atoms with Crippen LogP contribution in [-0.4, -0.2) is 21.1 Å². The van der Waals surface area contributed by atoms with Crippen molar-refractivity contribution in [3.05, 3.63) is 38.7 Å². The molecule has 2 rings (SSSR count). The molecular weight excluding hydrogens is 438 g/mol. The fraction of sp³-hybridized carbons (Fsp3) is 0.444. The molecular formula is C18H21Br2NO3. The van der Waals surface area contributed by atoms with Crippen LogP contribution in [0.1, 0.15) is 42.0 Å². The number of esters is 1. The average Bonchev–Trinajstić information content (AvgIpc) is 2.54. The van der Waals surface area contributed by atoms with Crippen molar-refractivity contribution in [1.82, 2.24) is 4.98 Å². The Morgan fingerprint density at radius 3 is 2.42 bits per heavy atom. The van der Waals surface area contributed by atoms with Crippen molar-refractivity contribution >= 4 is 48.7 Å². The van der Waals surface area contributed by atoms with Crippen molar-refractivity contribution in [1.29, 1.82) is 0 Å². The number of aryl methyl sites for hydroxylation is 2. The number of hydrogen-bond acceptors (Lipinski definition) is 3. The summed E-state index contributed by atoms with van der Waals surface area (Å²) >= 11 is 7.16. The Hall–Kier alpha value is -1.14. The first-order valence-electron chi connectivity index (χ1n) is 7.74. The Kier molecular flexibility index (Phi) is 5.91. The molecule has 0 saturated carbocycles. The highest BCUT2D eigenvalue weighted by Gasteiger charge is 2.24. The maximum Gasteiger partial charge on any atom is 0.308 e. The number of halogens is 2. The van der Waals surface area contributed by atoms with E-state index in [1.807, 2.05) is 26.8 Å². The summed E-state index contributed by atoms with van der Waals surface area (Å²) < 4.78 is 5.51. The van der Waals surface area contributed by atoms with Crippen molar-refractivity contribution in [2.24, 2.45) is 0 Å². The number of fused-ring (bicyclic) bond motifs is 1. The molecule has 130 valence electrons. The van der Waals surface area contributed by atoms with Crippen LogP contribution in [0.3, 0.4) is 0 Å². The predicted octanol–water partition coefficient (Wildman–Crippen LogP) is 4.64. The summed E-state index contributed by atoms with van der Waals surface area (Å²) in [6.45, 7) is 9.11. The summed E-state index contributed by atoms with van der Waals surface area (Å²) in [5, 5.41) is 1.76. The molecule has 2 aromatic rings. The molecule has 6 heteroatoms. The summed E-state index contributed by atoms with van der Waals surface area (Å²) in [5.41, 5.74) is 3.99. The smallest absolute Gasteiger partial charge is 0.308 e. The number of aromatic nitrogens is 1. The molecule has 0 aliphatic rings. The number of pyridine rings is 1. The molecule has 24 heavy (non-hydrogen) atoms. The van der Waals surface area contributed by atoms with E-state index in [0.29, 0.717) is 11.3 Å². The second-order valence-corrected chi connectivity index (χ2v) is 7.92. The third kappa shape index (κ3) is 3.45. The highest BCUT2D eigenvalue weighted by Crippen LogP contribution is 2.39. The van der Waals surface area contributed by atoms with Crippen LogP contribution in [0.25, 0.3) is 10.9 Å². The van der Waals surface area contributed by atoms with E-state index in [1.54, 1.807) is 0 Å². The van der Waals surface area contributed by atoms with Gasteiger partial charge in [0.15, 0.2) is 0 Å². The quantitative estimate of drug-likeness (QED) is 0.412. The second kappa shape index (κ2) is 7.40. The lowest BCUT2D eigenvalue weighted by Crippen LogP contribution is -2.17. The zero-order valence-corrected chi connectivity index (χ0v) is 17.6. The van der Waals surface area contributed by atoms with Crippen LogP contribution in [0.2, 0.25) is 0 Å². The number of nitrogens with one attached hydrogen (secondary N) is 1. The number of benzene rings is 1. The maximum atomic E-state index is 12.1. The van der Waals surface area contributed by atoms with Crippen LogP contribution >= 0.6 is 31.9 Å². The lowest BCUT2D eigenvalue weighted by Gasteiger charge is -2.23. The molecule has 0 bridgehead atoms. The Labute approximate surface area is 158 Å². The van der Waals surface area contributed by atoms with Gasteiger partial charge in [-0.15, -0.1) is 0 Å². The van der Waals surface area contributed by atoms with E-state index in [0.717, 1.165) is 32.9 Å². The molecule has 1 aromatic carbocycles. The van der Waals surface area contributed by atoms with Crippen molar-refractivity contribution in [3.8, 4) is 5.75 Å². The molecule has 4 nitrogen and oxygen atoms in total. The summed E-state index contributed by atoms with van der Waals surface area (Å²) in [4.78, 5) is 26.8. The number of hydrogen-bond donors (Lipinski definition) is 1. The SMILES string of the molecule is CC(=O)Oc1c(C(C)C(Br)CBr)cc2c(C)c(C)c(=O)[nH]c2c1C. The minimum Gasteiger partial charge on any atom is -0.426 e. The van der Waals surface area contributed by atoms with E-state index in [9.17, 15) is 9.59 Å². The molecule has 0 saturated heterocycles. The van der Waals surface area contributed by atoms with Gasteiger partial charge in [0.1, 0.15) is 5.75 Å². The van der Waals surface area contributed by atoms with Gasteiger partial charge in [-0.25, -0.2) is 0 Å². The summed E-state index contributed by atoms with van der Waals surface area (Å²) in [7, 11) is 0. The molecule has 2 unspecified atom stereocenters. The van der Waals surface area contributed by atoms with Gasteiger partial charge in [0.25, 0.3) is 5.56 Å². The topological polar surface area (TPSA) is 59.2 Å². The van der Waals surface area contributed by atoms with Crippen LogP contribution < -0.4 is 10.3 Å². The minimum absolute atomic E-state index is 0.114. The van der Waals surface area contributed by atoms with Gasteiger partial charge in [-0.3, -0.25) is 9.59 Å². The number of alkyl halides is 2. The molecule has 0 aliphatic heterocycles. The molecule has 0 spiro atoms. The number of rotatable bonds is 4. The molecule has 1 heterocycles. The normalized spacial score (nSPS) is 13.8. The van der Waals surface area contributed by atoms with Crippen molar-refractivity contribution in [2.45, 2.75) is 45.4 Å². The lowest BCUT2D eigenvalue weighted by molar-refractivity contribution is -0.131. The highest BCUT2D eigenvalue weighted by molar-refractivity contribution is 9.12. The van der Waals surface area contributed by atoms with Gasteiger partial charge in [-0.1, -0.05) is 38.8 Å². The Morgan fingerprint density at radius 1 is 1.25 bits per heavy atom. The average molecular weight is 459 g/mol. The Bertz CT molecular complexity index is 858. The van der Waals surface area contributed by atoms with E-state index in [1.165, 1.54) is 6.92 Å². The molecule has 0 fully saturated rings. The van der Waals surface area contributed by atoms with Crippen molar-refractivity contribution < 1.29 is 9.53 Å². The molecule has 1 N–H and O–H groups in total. The lowest BCUT2D eigenvalue weighted by atomic mass is 9.91. The van der Waals surface area contributed by atoms with Gasteiger partial charge in [0.2, 0.25) is 0 Å². The Balaban J connectivity index is 2.88. The first-order chi connectivity index (χ1) is 11.2. The van der Waals surface area contributed by atoms with E-state index in [2.05, 4.69) is 43.8 Å². The number of aromatic amines is 1. The van der Waals surface area contributed by atoms with Crippen molar-refractivity contribution in [3.63, 3.8) is 0 Å². The number of ether oxygens (including phenoxy) is 1. The van der Waals surface area contributed by atoms with Crippen LogP contribution in [0.4, 0.5) is 0 Å². The van der Waals surface area contributed by atoms with Gasteiger partial charge in [-0.2, -0.15) is 0 Å². The van der Waals surface area contributed by atoms with Crippen LogP contribution in [0.5, 0.6) is 5.75 Å². The van der Waals surface area contributed by atoms with E-state index in [4.69, 9.17) is 4.74 Å². The fourth-order valence-corrected chi connectivity index (χ4v) is 3.65. The molecule has 2 atom stereocenters. The number of carbonyl (C=O) groups is 1. The predicted molar refractivity (Wildman–Crippen MR) is 105 cm³/mol. The van der Waals surface area contributed by atoms with E-state index >= 15 is 0 Å². The van der Waals surface area contributed by atoms with Gasteiger partial charge >= 0.3 is 5.97 Å². The fourth-order valence-electron chi connectivity index (χ4n) is 2.81. The van der Waals surface area contributed by atoms with Crippen LogP contribution in [0, 0.1) is 20.8 Å². The highest BCUT2D eigenvalue weighted by atomic mass is 79.9. The third-order valence-electron chi connectivity index (χ3n) is 4.52. The number of H-pyrrole nitrogens is 1. The van der Waals surface area contributed by atoms with E-state index in [-0.39, 0.29) is 22.3 Å². The largest absolute Gasteiger partial charge is 0.426 e. The molecule has 0 amide bonds. The molecule has 0 radical (unpaired) electrons. The van der Waals surface area contributed by atoms with Crippen LogP contribution in [0.15, 0.2) is 10.9 Å². The first-order valence-corrected chi connectivity index (χ1v) is 9.77. The first kappa shape index (κ1) is 19.2. The molecule has 0 aliphatic carbocycles. The zero-order valence-electron chi connectivity index (χ0n) is 14.4. The van der Waals surface area contributed by atoms with Crippen LogP contribution in [-0.2, 0) is 4.79 Å². The summed E-state index contributed by atoms with van der Waals surface area (Å²) in [6, 6.07) is 2.03. The Morgan fingerprint density at radius 2 is 1.88 bits per heavy atom. The molecule has 1 aromatic heterocycles. The minimum atomic E-state index is -0.373. The summed E-state index contributed by atoms with van der Waals surface area (Å²) in [5.74, 6) is 0.280. The second-order valence-electron chi connectivity index (χ2n) is 6.10. The zero-order chi connectivity index (χ0) is 18.2. The van der Waals surface area contributed by atoms with E-state index < -0.39 is 0 Å². The maximum absolute atomic E-state index is 12.1. The van der Waals surface area contributed by atoms with Gasteiger partial charge < -0.3 is 9.72 Å². The van der Waals surface area contributed by atoms with Gasteiger partial charge in [-0.05, 0) is 43.9 Å². The monoisotopic (exact) mass is 457 g/mol. The van der Waals surface area contributed by atoms with Gasteiger partial charge in [0.05, 0.1) is 5.52 Å². The standard InChI is InChI=1S/C18H21Br2NO3/c1-8-9(2)18(23)21-16-11(4)17(24-12(5)22)14(6-13(8)16)10(3)15(20)7-19/h6,10,15H,7H2,1-5H3,(H,21,23). The summed E-state index contributed by atoms with van der Waals surface area (Å²) in [6.07, 6.45) is 0.